The number of methoxy groups -OCH3 is 1. The number of anilines is 1. The summed E-state index contributed by atoms with van der Waals surface area (Å²) >= 11 is 0. The maximum Gasteiger partial charge on any atom is 0.307 e. The van der Waals surface area contributed by atoms with Crippen molar-refractivity contribution in [2.45, 2.75) is 6.42 Å². The molecule has 2 bridgehead atoms. The minimum Gasteiger partial charge on any atom is -0.493 e. The third kappa shape index (κ3) is 3.12. The van der Waals surface area contributed by atoms with E-state index in [1.165, 1.54) is 0 Å². The zero-order chi connectivity index (χ0) is 20.8. The molecule has 1 amide bonds. The Morgan fingerprint density at radius 3 is 2.20 bits per heavy atom. The molecule has 6 rings (SSSR count). The maximum atomic E-state index is 13.0. The van der Waals surface area contributed by atoms with Gasteiger partial charge in [0.25, 0.3) is 0 Å². The number of amides is 1. The van der Waals surface area contributed by atoms with Crippen molar-refractivity contribution >= 4 is 17.6 Å². The van der Waals surface area contributed by atoms with Gasteiger partial charge in [0, 0.05) is 5.69 Å². The van der Waals surface area contributed by atoms with E-state index in [2.05, 4.69) is 11.4 Å². The Morgan fingerprint density at radius 2 is 1.57 bits per heavy atom. The molecule has 2 aromatic carbocycles. The van der Waals surface area contributed by atoms with Gasteiger partial charge in [0.15, 0.2) is 11.5 Å². The van der Waals surface area contributed by atoms with E-state index in [9.17, 15) is 14.7 Å². The van der Waals surface area contributed by atoms with Crippen molar-refractivity contribution in [1.82, 2.24) is 0 Å². The molecular formula is C24H23NO5. The maximum absolute atomic E-state index is 13.0. The molecule has 4 aliphatic carbocycles. The van der Waals surface area contributed by atoms with E-state index in [4.69, 9.17) is 9.47 Å². The van der Waals surface area contributed by atoms with Crippen molar-refractivity contribution in [3.8, 4) is 17.2 Å². The predicted molar refractivity (Wildman–Crippen MR) is 110 cm³/mol. The number of hydrogen-bond acceptors (Lipinski definition) is 4. The molecule has 0 spiro atoms. The number of ether oxygens (including phenoxy) is 2. The van der Waals surface area contributed by atoms with Gasteiger partial charge in [0.1, 0.15) is 5.75 Å². The summed E-state index contributed by atoms with van der Waals surface area (Å²) in [6, 6.07) is 14.4. The summed E-state index contributed by atoms with van der Waals surface area (Å²) in [5.74, 6) is 0.493. The average molecular weight is 405 g/mol. The van der Waals surface area contributed by atoms with Gasteiger partial charge in [0.05, 0.1) is 18.9 Å². The third-order valence-corrected chi connectivity index (χ3v) is 6.66. The Labute approximate surface area is 174 Å². The highest BCUT2D eigenvalue weighted by Crippen LogP contribution is 2.63. The number of carboxylic acids is 1. The van der Waals surface area contributed by atoms with Crippen LogP contribution in [0.5, 0.6) is 17.2 Å². The number of allylic oxidation sites excluding steroid dienone is 2. The molecule has 2 saturated carbocycles. The number of hydrogen-bond donors (Lipinski definition) is 2. The molecule has 2 N–H and O–H groups in total. The number of rotatable bonds is 6. The molecule has 2 aromatic rings. The number of benzene rings is 2. The number of carbonyl (C=O) groups is 2. The summed E-state index contributed by atoms with van der Waals surface area (Å²) in [5.41, 5.74) is 0.620. The SMILES string of the molecule is COc1ccccc1Oc1ccc(NC(=O)[C@H]2[C@@H]3C=C[C@H]([C@H]4C[C@H]34)[C@@H]2C(=O)O)cc1. The standard InChI is InChI=1S/C24H23NO5/c1-29-19-4-2-3-5-20(19)30-14-8-6-13(7-9-14)25-23(26)21-15-10-11-16(18-12-17(15)18)22(21)24(27)28/h2-11,15-18,21-22H,12H2,1H3,(H,25,26)(H,27,28)/t15-,16-,17-,18-,21+,22+/m1/s1. The molecule has 2 fully saturated rings. The summed E-state index contributed by atoms with van der Waals surface area (Å²) in [6.45, 7) is 0. The largest absolute Gasteiger partial charge is 0.493 e. The lowest BCUT2D eigenvalue weighted by Crippen LogP contribution is -2.48. The van der Waals surface area contributed by atoms with Crippen LogP contribution in [0.1, 0.15) is 6.42 Å². The van der Waals surface area contributed by atoms with Crippen LogP contribution in [0.15, 0.2) is 60.7 Å². The van der Waals surface area contributed by atoms with Crippen LogP contribution in [0.25, 0.3) is 0 Å². The van der Waals surface area contributed by atoms with E-state index < -0.39 is 17.8 Å². The number of para-hydroxylation sites is 2. The molecule has 0 unspecified atom stereocenters. The van der Waals surface area contributed by atoms with Crippen LogP contribution < -0.4 is 14.8 Å². The zero-order valence-electron chi connectivity index (χ0n) is 16.5. The Kier molecular flexibility index (Phi) is 4.50. The molecular weight excluding hydrogens is 382 g/mol. The molecule has 6 nitrogen and oxygen atoms in total. The van der Waals surface area contributed by atoms with Crippen molar-refractivity contribution in [2.24, 2.45) is 35.5 Å². The number of fused-ring (bicyclic) bond motifs is 1. The lowest BCUT2D eigenvalue weighted by molar-refractivity contribution is -0.152. The lowest BCUT2D eigenvalue weighted by Gasteiger charge is -2.41. The average Bonchev–Trinajstić information content (AvgIpc) is 3.57. The zero-order valence-corrected chi connectivity index (χ0v) is 16.5. The van der Waals surface area contributed by atoms with Gasteiger partial charge in [-0.05, 0) is 66.5 Å². The normalized spacial score (nSPS) is 30.3. The molecule has 0 aliphatic heterocycles. The number of carboxylic acid groups (broad SMARTS) is 1. The van der Waals surface area contributed by atoms with Crippen LogP contribution in [-0.4, -0.2) is 24.1 Å². The second-order valence-electron chi connectivity index (χ2n) is 8.26. The summed E-state index contributed by atoms with van der Waals surface area (Å²) in [7, 11) is 1.59. The van der Waals surface area contributed by atoms with E-state index in [0.717, 1.165) is 6.42 Å². The third-order valence-electron chi connectivity index (χ3n) is 6.66. The first-order valence-corrected chi connectivity index (χ1v) is 10.2. The monoisotopic (exact) mass is 405 g/mol. The van der Waals surface area contributed by atoms with Crippen LogP contribution >= 0.6 is 0 Å². The van der Waals surface area contributed by atoms with Crippen LogP contribution in [0.3, 0.4) is 0 Å². The van der Waals surface area contributed by atoms with Gasteiger partial charge in [0.2, 0.25) is 5.91 Å². The Hall–Kier alpha value is -3.28. The highest BCUT2D eigenvalue weighted by atomic mass is 16.5. The molecule has 0 radical (unpaired) electrons. The summed E-state index contributed by atoms with van der Waals surface area (Å²) in [5, 5.41) is 12.7. The van der Waals surface area contributed by atoms with E-state index in [1.807, 2.05) is 30.3 Å². The van der Waals surface area contributed by atoms with Gasteiger partial charge in [-0.25, -0.2) is 0 Å². The molecule has 154 valence electrons. The summed E-state index contributed by atoms with van der Waals surface area (Å²) in [6.07, 6.45) is 5.11. The molecule has 30 heavy (non-hydrogen) atoms. The Balaban J connectivity index is 1.30. The van der Waals surface area contributed by atoms with Gasteiger partial charge in [-0.3, -0.25) is 9.59 Å². The highest BCUT2D eigenvalue weighted by Gasteiger charge is 2.62. The quantitative estimate of drug-likeness (QED) is 0.704. The molecule has 6 atom stereocenters. The minimum atomic E-state index is -0.875. The van der Waals surface area contributed by atoms with E-state index in [-0.39, 0.29) is 17.7 Å². The van der Waals surface area contributed by atoms with Crippen molar-refractivity contribution < 1.29 is 24.2 Å². The second kappa shape index (κ2) is 7.20. The van der Waals surface area contributed by atoms with E-state index >= 15 is 0 Å². The number of aliphatic carboxylic acids is 1. The van der Waals surface area contributed by atoms with Gasteiger partial charge in [-0.1, -0.05) is 24.3 Å². The fourth-order valence-corrected chi connectivity index (χ4v) is 5.23. The minimum absolute atomic E-state index is 0.0225. The lowest BCUT2D eigenvalue weighted by atomic mass is 9.62. The number of carbonyl (C=O) groups excluding carboxylic acids is 1. The first-order valence-electron chi connectivity index (χ1n) is 10.2. The first kappa shape index (κ1) is 18.7. The van der Waals surface area contributed by atoms with Crippen molar-refractivity contribution in [3.63, 3.8) is 0 Å². The second-order valence-corrected chi connectivity index (χ2v) is 8.26. The van der Waals surface area contributed by atoms with E-state index in [0.29, 0.717) is 34.8 Å². The molecule has 0 aromatic heterocycles. The topological polar surface area (TPSA) is 84.9 Å². The molecule has 0 saturated heterocycles. The summed E-state index contributed by atoms with van der Waals surface area (Å²) < 4.78 is 11.2. The highest BCUT2D eigenvalue weighted by molar-refractivity contribution is 5.96. The van der Waals surface area contributed by atoms with Crippen LogP contribution in [-0.2, 0) is 9.59 Å². The van der Waals surface area contributed by atoms with Crippen LogP contribution in [0.4, 0.5) is 5.69 Å². The van der Waals surface area contributed by atoms with Gasteiger partial charge in [-0.15, -0.1) is 0 Å². The fourth-order valence-electron chi connectivity index (χ4n) is 5.23. The number of nitrogens with one attached hydrogen (secondary N) is 1. The van der Waals surface area contributed by atoms with E-state index in [1.54, 1.807) is 31.4 Å². The fraction of sp³-hybridized carbons (Fsp3) is 0.333. The Bertz CT molecular complexity index is 1010. The smallest absolute Gasteiger partial charge is 0.307 e. The molecule has 4 aliphatic rings. The van der Waals surface area contributed by atoms with Crippen molar-refractivity contribution in [3.05, 3.63) is 60.7 Å². The van der Waals surface area contributed by atoms with Crippen LogP contribution in [0.2, 0.25) is 0 Å². The first-order chi connectivity index (χ1) is 14.6. The predicted octanol–water partition coefficient (Wildman–Crippen LogP) is 4.19. The van der Waals surface area contributed by atoms with Gasteiger partial charge in [-0.2, -0.15) is 0 Å². The molecule has 0 heterocycles. The van der Waals surface area contributed by atoms with Crippen molar-refractivity contribution in [1.29, 1.82) is 0 Å². The van der Waals surface area contributed by atoms with Crippen LogP contribution in [0, 0.1) is 35.5 Å². The van der Waals surface area contributed by atoms with Crippen molar-refractivity contribution in [2.75, 3.05) is 12.4 Å². The molecule has 6 heteroatoms. The van der Waals surface area contributed by atoms with Gasteiger partial charge >= 0.3 is 5.97 Å². The summed E-state index contributed by atoms with van der Waals surface area (Å²) in [4.78, 5) is 24.9. The van der Waals surface area contributed by atoms with Gasteiger partial charge < -0.3 is 19.9 Å². The Morgan fingerprint density at radius 1 is 0.933 bits per heavy atom.